The van der Waals surface area contributed by atoms with Gasteiger partial charge in [0.15, 0.2) is 0 Å². The van der Waals surface area contributed by atoms with E-state index in [1.54, 1.807) is 6.33 Å². The molecule has 7 nitrogen and oxygen atoms in total. The lowest BCUT2D eigenvalue weighted by Gasteiger charge is -2.35. The molecule has 9 heteroatoms. The highest BCUT2D eigenvalue weighted by Gasteiger charge is 2.25. The van der Waals surface area contributed by atoms with Crippen LogP contribution < -0.4 is 10.6 Å². The fourth-order valence-electron chi connectivity index (χ4n) is 2.95. The Morgan fingerprint density at radius 2 is 1.84 bits per heavy atom. The van der Waals surface area contributed by atoms with Crippen LogP contribution in [0.2, 0.25) is 0 Å². The molecule has 2 heterocycles. The summed E-state index contributed by atoms with van der Waals surface area (Å²) < 4.78 is 1.90. The molecule has 1 aliphatic heterocycles. The molecule has 0 aliphatic carbocycles. The molecule has 1 aromatic heterocycles. The van der Waals surface area contributed by atoms with Gasteiger partial charge in [0.2, 0.25) is 5.95 Å². The number of carbonyl (C=O) groups is 1. The number of amides is 1. The number of piperazine rings is 1. The summed E-state index contributed by atoms with van der Waals surface area (Å²) in [6.45, 7) is 3.43. The minimum atomic E-state index is 0. The monoisotopic (exact) mass is 386 g/mol. The Labute approximate surface area is 160 Å². The van der Waals surface area contributed by atoms with Crippen molar-refractivity contribution in [2.45, 2.75) is 6.42 Å². The molecule has 0 bridgehead atoms. The number of anilines is 1. The summed E-state index contributed by atoms with van der Waals surface area (Å²) in [5, 5.41) is 8.04. The lowest BCUT2D eigenvalue weighted by atomic mass is 10.0. The van der Waals surface area contributed by atoms with Gasteiger partial charge in [-0.3, -0.25) is 4.79 Å². The first kappa shape index (κ1) is 21.2. The van der Waals surface area contributed by atoms with E-state index in [4.69, 9.17) is 5.73 Å². The molecule has 1 saturated heterocycles. The van der Waals surface area contributed by atoms with Crippen molar-refractivity contribution in [1.29, 1.82) is 0 Å². The van der Waals surface area contributed by atoms with E-state index in [9.17, 15) is 4.79 Å². The lowest BCUT2D eigenvalue weighted by molar-refractivity contribution is 0.0745. The number of carbonyl (C=O) groups excluding carboxylic acids is 1. The van der Waals surface area contributed by atoms with Gasteiger partial charge in [-0.15, -0.1) is 35.0 Å². The molecule has 1 amide bonds. The molecule has 2 N–H and O–H groups in total. The number of hydrogen-bond donors (Lipinski definition) is 1. The van der Waals surface area contributed by atoms with E-state index in [0.717, 1.165) is 36.6 Å². The molecule has 2 aromatic rings. The maximum atomic E-state index is 12.8. The van der Waals surface area contributed by atoms with Crippen molar-refractivity contribution in [3.63, 3.8) is 0 Å². The van der Waals surface area contributed by atoms with E-state index in [0.29, 0.717) is 19.6 Å². The molecule has 1 fully saturated rings. The highest BCUT2D eigenvalue weighted by atomic mass is 35.5. The lowest BCUT2D eigenvalue weighted by Crippen LogP contribution is -2.49. The number of rotatable bonds is 4. The molecule has 0 atom stereocenters. The van der Waals surface area contributed by atoms with E-state index < -0.39 is 0 Å². The maximum absolute atomic E-state index is 12.8. The molecular weight excluding hydrogens is 363 g/mol. The average Bonchev–Trinajstić information content (AvgIpc) is 3.01. The van der Waals surface area contributed by atoms with Crippen molar-refractivity contribution < 1.29 is 4.79 Å². The van der Waals surface area contributed by atoms with E-state index in [1.807, 2.05) is 40.8 Å². The Bertz CT molecular complexity index is 685. The third-order valence-corrected chi connectivity index (χ3v) is 4.20. The Morgan fingerprint density at radius 1 is 1.16 bits per heavy atom. The number of halogens is 2. The van der Waals surface area contributed by atoms with Crippen LogP contribution in [-0.4, -0.2) is 58.3 Å². The van der Waals surface area contributed by atoms with Crippen molar-refractivity contribution in [2.75, 3.05) is 37.6 Å². The van der Waals surface area contributed by atoms with Crippen LogP contribution in [0.5, 0.6) is 0 Å². The van der Waals surface area contributed by atoms with E-state index in [2.05, 4.69) is 15.1 Å². The quantitative estimate of drug-likeness (QED) is 0.851. The average molecular weight is 387 g/mol. The third kappa shape index (κ3) is 4.62. The highest BCUT2D eigenvalue weighted by molar-refractivity contribution is 5.95. The van der Waals surface area contributed by atoms with Crippen molar-refractivity contribution >= 4 is 36.7 Å². The molecule has 1 aromatic carbocycles. The van der Waals surface area contributed by atoms with E-state index in [-0.39, 0.29) is 30.7 Å². The molecule has 0 saturated carbocycles. The normalized spacial score (nSPS) is 13.8. The van der Waals surface area contributed by atoms with Crippen molar-refractivity contribution in [3.05, 3.63) is 41.7 Å². The van der Waals surface area contributed by atoms with E-state index >= 15 is 0 Å². The van der Waals surface area contributed by atoms with Gasteiger partial charge in [-0.1, -0.05) is 18.2 Å². The van der Waals surface area contributed by atoms with Crippen LogP contribution in [0.25, 0.3) is 0 Å². The summed E-state index contributed by atoms with van der Waals surface area (Å²) in [6, 6.07) is 7.73. The largest absolute Gasteiger partial charge is 0.337 e. The van der Waals surface area contributed by atoms with Crippen molar-refractivity contribution in [1.82, 2.24) is 19.7 Å². The van der Waals surface area contributed by atoms with Crippen LogP contribution in [0.1, 0.15) is 15.9 Å². The summed E-state index contributed by atoms with van der Waals surface area (Å²) in [7, 11) is 1.93. The summed E-state index contributed by atoms with van der Waals surface area (Å²) in [6.07, 6.45) is 2.41. The first-order valence-electron chi connectivity index (χ1n) is 7.87. The zero-order valence-electron chi connectivity index (χ0n) is 14.2. The molecule has 3 rings (SSSR count). The second-order valence-electron chi connectivity index (χ2n) is 5.72. The smallest absolute Gasteiger partial charge is 0.254 e. The predicted molar refractivity (Wildman–Crippen MR) is 103 cm³/mol. The van der Waals surface area contributed by atoms with Gasteiger partial charge >= 0.3 is 0 Å². The van der Waals surface area contributed by atoms with Crippen LogP contribution in [0, 0.1) is 0 Å². The Hall–Kier alpha value is -1.83. The summed E-state index contributed by atoms with van der Waals surface area (Å²) in [5.41, 5.74) is 7.44. The topological polar surface area (TPSA) is 80.3 Å². The minimum Gasteiger partial charge on any atom is -0.337 e. The number of nitrogens with two attached hydrogens (primary N) is 1. The number of nitrogens with zero attached hydrogens (tertiary/aromatic N) is 5. The van der Waals surface area contributed by atoms with Crippen LogP contribution in [0.15, 0.2) is 30.6 Å². The molecule has 138 valence electrons. The first-order valence-corrected chi connectivity index (χ1v) is 7.87. The van der Waals surface area contributed by atoms with Crippen molar-refractivity contribution in [2.24, 2.45) is 12.8 Å². The van der Waals surface area contributed by atoms with Gasteiger partial charge in [-0.05, 0) is 24.6 Å². The van der Waals surface area contributed by atoms with Gasteiger partial charge < -0.3 is 20.1 Å². The SMILES string of the molecule is Cl.Cl.Cn1cnnc1N1CCN(C(=O)c2ccccc2CCN)CC1. The minimum absolute atomic E-state index is 0. The van der Waals surface area contributed by atoms with Gasteiger partial charge in [-0.2, -0.15) is 0 Å². The second-order valence-corrected chi connectivity index (χ2v) is 5.72. The molecule has 0 spiro atoms. The van der Waals surface area contributed by atoms with Crippen LogP contribution >= 0.6 is 24.8 Å². The van der Waals surface area contributed by atoms with E-state index in [1.165, 1.54) is 0 Å². The Balaban J connectivity index is 0.00000156. The van der Waals surface area contributed by atoms with Crippen LogP contribution in [0.3, 0.4) is 0 Å². The maximum Gasteiger partial charge on any atom is 0.254 e. The third-order valence-electron chi connectivity index (χ3n) is 4.20. The van der Waals surface area contributed by atoms with Gasteiger partial charge in [0.25, 0.3) is 5.91 Å². The molecule has 0 unspecified atom stereocenters. The molecule has 1 aliphatic rings. The number of benzene rings is 1. The van der Waals surface area contributed by atoms with Gasteiger partial charge in [0.05, 0.1) is 0 Å². The van der Waals surface area contributed by atoms with Crippen LogP contribution in [0.4, 0.5) is 5.95 Å². The predicted octanol–water partition coefficient (Wildman–Crippen LogP) is 1.12. The number of aryl methyl sites for hydroxylation is 1. The molecule has 0 radical (unpaired) electrons. The molecular formula is C16H24Cl2N6O. The fraction of sp³-hybridized carbons (Fsp3) is 0.438. The Morgan fingerprint density at radius 3 is 2.44 bits per heavy atom. The zero-order chi connectivity index (χ0) is 16.2. The second kappa shape index (κ2) is 9.60. The van der Waals surface area contributed by atoms with Crippen LogP contribution in [-0.2, 0) is 13.5 Å². The number of hydrogen-bond acceptors (Lipinski definition) is 5. The highest BCUT2D eigenvalue weighted by Crippen LogP contribution is 2.16. The van der Waals surface area contributed by atoms with Gasteiger partial charge in [0.1, 0.15) is 6.33 Å². The summed E-state index contributed by atoms with van der Waals surface area (Å²) in [5.74, 6) is 0.937. The number of aromatic nitrogens is 3. The van der Waals surface area contributed by atoms with Crippen molar-refractivity contribution in [3.8, 4) is 0 Å². The Kier molecular flexibility index (Phi) is 8.15. The summed E-state index contributed by atoms with van der Waals surface area (Å²) in [4.78, 5) is 16.8. The zero-order valence-corrected chi connectivity index (χ0v) is 15.8. The van der Waals surface area contributed by atoms with Gasteiger partial charge in [-0.25, -0.2) is 0 Å². The fourth-order valence-corrected chi connectivity index (χ4v) is 2.95. The molecule has 25 heavy (non-hydrogen) atoms. The van der Waals surface area contributed by atoms with Gasteiger partial charge in [0, 0.05) is 38.8 Å². The standard InChI is InChI=1S/C16H22N6O.2ClH/c1-20-12-18-19-16(20)22-10-8-21(9-11-22)15(23)14-5-3-2-4-13(14)6-7-17;;/h2-5,12H,6-11,17H2,1H3;2*1H. The first-order chi connectivity index (χ1) is 11.2. The summed E-state index contributed by atoms with van der Waals surface area (Å²) >= 11 is 0.